The van der Waals surface area contributed by atoms with Crippen molar-refractivity contribution in [3.63, 3.8) is 0 Å². The molecule has 0 radical (unpaired) electrons. The van der Waals surface area contributed by atoms with E-state index in [1.807, 2.05) is 0 Å². The Morgan fingerprint density at radius 2 is 1.92 bits per heavy atom. The molecule has 0 aliphatic carbocycles. The van der Waals surface area contributed by atoms with Gasteiger partial charge in [0.15, 0.2) is 0 Å². The number of benzene rings is 2. The summed E-state index contributed by atoms with van der Waals surface area (Å²) in [4.78, 5) is 32.5. The number of rotatable bonds is 3. The summed E-state index contributed by atoms with van der Waals surface area (Å²) in [6, 6.07) is 3.24. The molecule has 196 valence electrons. The number of nitrogens with zero attached hydrogens (tertiary/aromatic N) is 4. The number of anilines is 1. The zero-order valence-corrected chi connectivity index (χ0v) is 20.6. The number of amides is 1. The molecule has 38 heavy (non-hydrogen) atoms. The van der Waals surface area contributed by atoms with Crippen LogP contribution in [0.15, 0.2) is 64.6 Å². The number of carbonyl (C=O) groups excluding carboxylic acids is 1. The van der Waals surface area contributed by atoms with Crippen LogP contribution >= 0.6 is 11.8 Å². The average molecular weight is 547 g/mol. The van der Waals surface area contributed by atoms with Crippen molar-refractivity contribution in [2.45, 2.75) is 17.6 Å². The third kappa shape index (κ3) is 4.19. The molecule has 6 nitrogen and oxygen atoms in total. The van der Waals surface area contributed by atoms with Gasteiger partial charge >= 0.3 is 11.9 Å². The van der Waals surface area contributed by atoms with Gasteiger partial charge in [-0.2, -0.15) is 18.2 Å². The topological polar surface area (TPSA) is 58.4 Å². The van der Waals surface area contributed by atoms with Crippen molar-refractivity contribution in [1.29, 1.82) is 0 Å². The van der Waals surface area contributed by atoms with Crippen LogP contribution in [0.2, 0.25) is 0 Å². The van der Waals surface area contributed by atoms with E-state index in [4.69, 9.17) is 0 Å². The van der Waals surface area contributed by atoms with Gasteiger partial charge in [-0.1, -0.05) is 13.2 Å². The molecule has 1 amide bonds. The molecule has 1 fully saturated rings. The third-order valence-electron chi connectivity index (χ3n) is 6.47. The average Bonchev–Trinajstić information content (AvgIpc) is 2.89. The van der Waals surface area contributed by atoms with E-state index >= 15 is 0 Å². The molecule has 2 aromatic carbocycles. The minimum atomic E-state index is -4.90. The number of thioether (sulfide) groups is 1. The number of hydrogen-bond acceptors (Lipinski definition) is 5. The fraction of sp³-hybridized carbons (Fsp3) is 0.231. The van der Waals surface area contributed by atoms with Gasteiger partial charge in [0.05, 0.1) is 23.3 Å². The lowest BCUT2D eigenvalue weighted by molar-refractivity contribution is -0.137. The maximum Gasteiger partial charge on any atom is 0.417 e. The van der Waals surface area contributed by atoms with Gasteiger partial charge in [-0.25, -0.2) is 13.6 Å². The van der Waals surface area contributed by atoms with Gasteiger partial charge in [-0.3, -0.25) is 9.36 Å². The summed E-state index contributed by atoms with van der Waals surface area (Å²) in [6.07, 6.45) is -3.78. The number of aromatic nitrogens is 2. The molecular formula is C26H19F5N4O2S. The molecule has 2 aliphatic rings. The van der Waals surface area contributed by atoms with E-state index < -0.39 is 40.2 Å². The fourth-order valence-electron chi connectivity index (χ4n) is 4.79. The van der Waals surface area contributed by atoms with E-state index in [1.165, 1.54) is 9.47 Å². The van der Waals surface area contributed by atoms with Crippen LogP contribution in [-0.4, -0.2) is 45.7 Å². The zero-order valence-electron chi connectivity index (χ0n) is 19.7. The molecular weight excluding hydrogens is 527 g/mol. The predicted octanol–water partition coefficient (Wildman–Crippen LogP) is 4.97. The summed E-state index contributed by atoms with van der Waals surface area (Å²) in [5, 5.41) is 0.0531. The maximum atomic E-state index is 14.8. The van der Waals surface area contributed by atoms with E-state index in [0.29, 0.717) is 11.8 Å². The number of aryl methyl sites for hydroxylation is 1. The summed E-state index contributed by atoms with van der Waals surface area (Å²) in [5.74, 6) is -2.21. The second-order valence-electron chi connectivity index (χ2n) is 8.60. The van der Waals surface area contributed by atoms with Gasteiger partial charge in [-0.15, -0.1) is 17.5 Å². The van der Waals surface area contributed by atoms with Gasteiger partial charge in [0.2, 0.25) is 0 Å². The first-order valence-corrected chi connectivity index (χ1v) is 12.4. The van der Waals surface area contributed by atoms with Crippen LogP contribution in [0.3, 0.4) is 0 Å². The van der Waals surface area contributed by atoms with Gasteiger partial charge in [0.1, 0.15) is 17.5 Å². The maximum absolute atomic E-state index is 14.8. The van der Waals surface area contributed by atoms with Crippen molar-refractivity contribution < 1.29 is 26.7 Å². The van der Waals surface area contributed by atoms with E-state index in [1.54, 1.807) is 4.90 Å². The summed E-state index contributed by atoms with van der Waals surface area (Å²) >= 11 is 1.06. The molecule has 0 atom stereocenters. The Labute approximate surface area is 217 Å². The van der Waals surface area contributed by atoms with Gasteiger partial charge in [-0.05, 0) is 24.3 Å². The Morgan fingerprint density at radius 1 is 1.16 bits per heavy atom. The largest absolute Gasteiger partial charge is 0.417 e. The molecule has 3 heterocycles. The minimum absolute atomic E-state index is 0.0000742. The summed E-state index contributed by atoms with van der Waals surface area (Å²) in [6.45, 7) is 7.56. The summed E-state index contributed by atoms with van der Waals surface area (Å²) in [5.41, 5.74) is 0.532. The number of halogens is 5. The van der Waals surface area contributed by atoms with Crippen LogP contribution in [0.5, 0.6) is 0 Å². The fourth-order valence-corrected chi connectivity index (χ4v) is 5.99. The normalized spacial score (nSPS) is 15.6. The van der Waals surface area contributed by atoms with Crippen molar-refractivity contribution >= 4 is 34.4 Å². The second-order valence-corrected chi connectivity index (χ2v) is 9.71. The van der Waals surface area contributed by atoms with Crippen LogP contribution in [0.25, 0.3) is 22.0 Å². The van der Waals surface area contributed by atoms with E-state index in [2.05, 4.69) is 23.9 Å². The summed E-state index contributed by atoms with van der Waals surface area (Å²) in [7, 11) is 0. The van der Waals surface area contributed by atoms with Crippen molar-refractivity contribution in [2.24, 2.45) is 0 Å². The van der Waals surface area contributed by atoms with E-state index in [0.717, 1.165) is 36.0 Å². The first kappa shape index (κ1) is 25.7. The Morgan fingerprint density at radius 3 is 2.58 bits per heavy atom. The monoisotopic (exact) mass is 546 g/mol. The van der Waals surface area contributed by atoms with Crippen LogP contribution in [0, 0.1) is 11.6 Å². The standard InChI is InChI=1S/C26H19F5N4O2S/c1-3-15-13-33(7-8-34(15)20(36)4-2)24-17-12-18(26(29,30)31)21(16-6-5-14(27)11-19(16)28)23-22(17)35(9-10-38-23)25(37)32-24/h4-6,11-12H,1-2,7-10,13H2. The van der Waals surface area contributed by atoms with Gasteiger partial charge < -0.3 is 9.80 Å². The molecule has 12 heteroatoms. The molecule has 0 spiro atoms. The molecule has 5 rings (SSSR count). The van der Waals surface area contributed by atoms with Crippen molar-refractivity contribution in [3.8, 4) is 11.1 Å². The van der Waals surface area contributed by atoms with Crippen LogP contribution in [0.4, 0.5) is 27.8 Å². The van der Waals surface area contributed by atoms with Gasteiger partial charge in [0.25, 0.3) is 5.91 Å². The number of hydrogen-bond donors (Lipinski definition) is 0. The van der Waals surface area contributed by atoms with Crippen LogP contribution < -0.4 is 10.6 Å². The van der Waals surface area contributed by atoms with Gasteiger partial charge in [0, 0.05) is 52.9 Å². The Bertz CT molecular complexity index is 1620. The van der Waals surface area contributed by atoms with E-state index in [-0.39, 0.29) is 59.5 Å². The van der Waals surface area contributed by atoms with Crippen LogP contribution in [0.1, 0.15) is 5.56 Å². The van der Waals surface area contributed by atoms with Crippen molar-refractivity contribution in [1.82, 2.24) is 14.5 Å². The highest BCUT2D eigenvalue weighted by atomic mass is 32.2. The second kappa shape index (κ2) is 9.45. The predicted molar refractivity (Wildman–Crippen MR) is 134 cm³/mol. The first-order valence-electron chi connectivity index (χ1n) is 11.4. The lowest BCUT2D eigenvalue weighted by atomic mass is 9.95. The molecule has 0 unspecified atom stereocenters. The summed E-state index contributed by atoms with van der Waals surface area (Å²) < 4.78 is 73.1. The highest BCUT2D eigenvalue weighted by Gasteiger charge is 2.39. The van der Waals surface area contributed by atoms with Crippen molar-refractivity contribution in [3.05, 3.63) is 82.6 Å². The number of alkyl halides is 3. The molecule has 0 saturated carbocycles. The minimum Gasteiger partial charge on any atom is -0.348 e. The number of carbonyl (C=O) groups is 1. The lowest BCUT2D eigenvalue weighted by Crippen LogP contribution is -2.47. The Hall–Kier alpha value is -3.89. The molecule has 1 aromatic heterocycles. The van der Waals surface area contributed by atoms with E-state index in [9.17, 15) is 31.5 Å². The SMILES string of the molecule is C=C=C1CN(c2nc(=O)n3c4c(c(-c5ccc(F)cc5F)c(C(F)(F)F)cc24)SCC3)CCN1C(=O)C=C. The first-order chi connectivity index (χ1) is 18.0. The molecule has 0 N–H and O–H groups in total. The zero-order chi connectivity index (χ0) is 27.4. The molecule has 0 bridgehead atoms. The van der Waals surface area contributed by atoms with Crippen LogP contribution in [-0.2, 0) is 17.5 Å². The third-order valence-corrected chi connectivity index (χ3v) is 7.54. The molecule has 1 saturated heterocycles. The molecule has 3 aromatic rings. The smallest absolute Gasteiger partial charge is 0.348 e. The highest BCUT2D eigenvalue weighted by molar-refractivity contribution is 7.99. The lowest BCUT2D eigenvalue weighted by Gasteiger charge is -2.37. The molecule has 2 aliphatic heterocycles. The quantitative estimate of drug-likeness (QED) is 0.264. The number of piperazine rings is 1. The highest BCUT2D eigenvalue weighted by Crippen LogP contribution is 2.49. The Balaban J connectivity index is 1.80. The Kier molecular flexibility index (Phi) is 6.40. The van der Waals surface area contributed by atoms with Crippen molar-refractivity contribution in [2.75, 3.05) is 30.3 Å².